The van der Waals surface area contributed by atoms with Crippen molar-refractivity contribution < 1.29 is 4.74 Å². The van der Waals surface area contributed by atoms with Crippen LogP contribution in [0, 0.1) is 5.41 Å². The first-order valence-corrected chi connectivity index (χ1v) is 7.03. The molecule has 0 aliphatic carbocycles. The minimum Gasteiger partial charge on any atom is -0.378 e. The Balaban J connectivity index is 2.11. The van der Waals surface area contributed by atoms with Gasteiger partial charge in [-0.3, -0.25) is 4.68 Å². The van der Waals surface area contributed by atoms with Crippen molar-refractivity contribution in [1.29, 1.82) is 0 Å². The summed E-state index contributed by atoms with van der Waals surface area (Å²) in [7, 11) is 1.91. The molecule has 0 radical (unpaired) electrons. The lowest BCUT2D eigenvalue weighted by Crippen LogP contribution is -2.47. The van der Waals surface area contributed by atoms with Gasteiger partial charge in [-0.1, -0.05) is 5.21 Å². The number of nitrogens with zero attached hydrogens (tertiary/aromatic N) is 3. The van der Waals surface area contributed by atoms with Gasteiger partial charge in [0.05, 0.1) is 11.8 Å². The van der Waals surface area contributed by atoms with Crippen LogP contribution in [0.25, 0.3) is 0 Å². The summed E-state index contributed by atoms with van der Waals surface area (Å²) in [5.41, 5.74) is 1.30. The van der Waals surface area contributed by atoms with Gasteiger partial charge in [-0.25, -0.2) is 0 Å². The highest BCUT2D eigenvalue weighted by Crippen LogP contribution is 2.37. The van der Waals surface area contributed by atoms with Crippen LogP contribution in [0.1, 0.15) is 39.8 Å². The Morgan fingerprint density at radius 1 is 1.53 bits per heavy atom. The first kappa shape index (κ1) is 14.5. The van der Waals surface area contributed by atoms with E-state index >= 15 is 0 Å². The number of ether oxygens (including phenoxy) is 1. The molecule has 1 fully saturated rings. The fourth-order valence-corrected chi connectivity index (χ4v) is 2.62. The van der Waals surface area contributed by atoms with Crippen molar-refractivity contribution >= 4 is 0 Å². The summed E-state index contributed by atoms with van der Waals surface area (Å²) < 4.78 is 7.58. The highest BCUT2D eigenvalue weighted by atomic mass is 16.5. The average molecular weight is 266 g/mol. The van der Waals surface area contributed by atoms with Crippen molar-refractivity contribution in [3.05, 3.63) is 11.9 Å². The minimum atomic E-state index is 0.123. The molecule has 2 rings (SSSR count). The molecule has 0 spiro atoms. The number of rotatable bonds is 4. The molecule has 1 saturated heterocycles. The van der Waals surface area contributed by atoms with Crippen molar-refractivity contribution in [2.45, 2.75) is 52.2 Å². The molecule has 1 aromatic rings. The lowest BCUT2D eigenvalue weighted by Gasteiger charge is -2.35. The van der Waals surface area contributed by atoms with E-state index in [0.717, 1.165) is 31.7 Å². The summed E-state index contributed by atoms with van der Waals surface area (Å²) in [5, 5.41) is 11.9. The lowest BCUT2D eigenvalue weighted by molar-refractivity contribution is 0.0593. The maximum Gasteiger partial charge on any atom is 0.0834 e. The van der Waals surface area contributed by atoms with Gasteiger partial charge in [0, 0.05) is 43.8 Å². The molecule has 108 valence electrons. The normalized spacial score (nSPS) is 27.9. The molecule has 0 aromatic carbocycles. The fraction of sp³-hybridized carbons (Fsp3) is 0.857. The van der Waals surface area contributed by atoms with Gasteiger partial charge in [0.25, 0.3) is 0 Å². The summed E-state index contributed by atoms with van der Waals surface area (Å²) in [6, 6.07) is 0. The second kappa shape index (κ2) is 5.21. The number of aryl methyl sites for hydroxylation is 1. The Hall–Kier alpha value is -0.940. The van der Waals surface area contributed by atoms with Crippen LogP contribution >= 0.6 is 0 Å². The third-order valence-electron chi connectivity index (χ3n) is 3.98. The van der Waals surface area contributed by atoms with Crippen LogP contribution in [0.3, 0.4) is 0 Å². The van der Waals surface area contributed by atoms with E-state index in [1.807, 2.05) is 13.2 Å². The fourth-order valence-electron chi connectivity index (χ4n) is 2.62. The van der Waals surface area contributed by atoms with Gasteiger partial charge in [0.2, 0.25) is 0 Å². The van der Waals surface area contributed by atoms with Crippen molar-refractivity contribution in [3.8, 4) is 0 Å². The molecule has 5 heteroatoms. The zero-order chi connectivity index (χ0) is 14.1. The second-order valence-electron chi connectivity index (χ2n) is 6.79. The highest BCUT2D eigenvalue weighted by molar-refractivity contribution is 5.04. The van der Waals surface area contributed by atoms with E-state index in [4.69, 9.17) is 4.74 Å². The van der Waals surface area contributed by atoms with Crippen LogP contribution in [0.15, 0.2) is 6.20 Å². The van der Waals surface area contributed by atoms with Gasteiger partial charge in [0.1, 0.15) is 0 Å². The van der Waals surface area contributed by atoms with Gasteiger partial charge in [-0.05, 0) is 34.1 Å². The van der Waals surface area contributed by atoms with Gasteiger partial charge in [0.15, 0.2) is 0 Å². The van der Waals surface area contributed by atoms with Gasteiger partial charge in [-0.2, -0.15) is 0 Å². The van der Waals surface area contributed by atoms with E-state index in [-0.39, 0.29) is 17.1 Å². The molecule has 1 aliphatic rings. The molecule has 19 heavy (non-hydrogen) atoms. The van der Waals surface area contributed by atoms with Crippen LogP contribution in [0.2, 0.25) is 0 Å². The van der Waals surface area contributed by atoms with E-state index in [9.17, 15) is 0 Å². The maximum atomic E-state index is 5.82. The maximum absolute atomic E-state index is 5.82. The number of hydrogen-bond acceptors (Lipinski definition) is 4. The van der Waals surface area contributed by atoms with Crippen LogP contribution in [0.4, 0.5) is 0 Å². The first-order valence-electron chi connectivity index (χ1n) is 7.03. The molecule has 5 nitrogen and oxygen atoms in total. The highest BCUT2D eigenvalue weighted by Gasteiger charge is 2.42. The first-order chi connectivity index (χ1) is 8.81. The standard InChI is InChI=1S/C14H26N4O/c1-11-14(6-7-19-11,10-15-13(2,3)4)8-12-9-18(5)17-16-12/h9,11,15H,6-8,10H2,1-5H3. The van der Waals surface area contributed by atoms with Crippen molar-refractivity contribution in [2.24, 2.45) is 12.5 Å². The SMILES string of the molecule is CC1OCCC1(CNC(C)(C)C)Cc1cn(C)nn1. The Labute approximate surface area is 115 Å². The Morgan fingerprint density at radius 3 is 2.74 bits per heavy atom. The Kier molecular flexibility index (Phi) is 3.97. The second-order valence-corrected chi connectivity index (χ2v) is 6.79. The third kappa shape index (κ3) is 3.54. The summed E-state index contributed by atoms with van der Waals surface area (Å²) in [6.45, 7) is 10.6. The number of aromatic nitrogens is 3. The quantitative estimate of drug-likeness (QED) is 0.898. The Morgan fingerprint density at radius 2 is 2.26 bits per heavy atom. The summed E-state index contributed by atoms with van der Waals surface area (Å²) in [4.78, 5) is 0. The molecule has 2 atom stereocenters. The summed E-state index contributed by atoms with van der Waals surface area (Å²) >= 11 is 0. The van der Waals surface area contributed by atoms with Crippen molar-refractivity contribution in [1.82, 2.24) is 20.3 Å². The van der Waals surface area contributed by atoms with Gasteiger partial charge in [-0.15, -0.1) is 5.10 Å². The summed E-state index contributed by atoms with van der Waals surface area (Å²) in [5.74, 6) is 0. The zero-order valence-corrected chi connectivity index (χ0v) is 12.7. The van der Waals surface area contributed by atoms with E-state index in [1.165, 1.54) is 0 Å². The third-order valence-corrected chi connectivity index (χ3v) is 3.98. The van der Waals surface area contributed by atoms with Crippen molar-refractivity contribution in [3.63, 3.8) is 0 Å². The van der Waals surface area contributed by atoms with Crippen LogP contribution < -0.4 is 5.32 Å². The molecule has 0 amide bonds. The van der Waals surface area contributed by atoms with Crippen LogP contribution in [0.5, 0.6) is 0 Å². The minimum absolute atomic E-state index is 0.123. The molecule has 1 aliphatic heterocycles. The summed E-state index contributed by atoms with van der Waals surface area (Å²) in [6.07, 6.45) is 4.26. The van der Waals surface area contributed by atoms with Crippen LogP contribution in [-0.2, 0) is 18.2 Å². The smallest absolute Gasteiger partial charge is 0.0834 e. The molecule has 1 N–H and O–H groups in total. The molecule has 0 saturated carbocycles. The van der Waals surface area contributed by atoms with E-state index in [2.05, 4.69) is 43.3 Å². The molecule has 2 unspecified atom stereocenters. The van der Waals surface area contributed by atoms with E-state index in [1.54, 1.807) is 4.68 Å². The zero-order valence-electron chi connectivity index (χ0n) is 12.7. The monoisotopic (exact) mass is 266 g/mol. The largest absolute Gasteiger partial charge is 0.378 e. The van der Waals surface area contributed by atoms with Crippen molar-refractivity contribution in [2.75, 3.05) is 13.2 Å². The van der Waals surface area contributed by atoms with E-state index < -0.39 is 0 Å². The predicted octanol–water partition coefficient (Wildman–Crippen LogP) is 1.54. The molecule has 2 heterocycles. The predicted molar refractivity (Wildman–Crippen MR) is 74.9 cm³/mol. The number of hydrogen-bond donors (Lipinski definition) is 1. The molecule has 0 bridgehead atoms. The topological polar surface area (TPSA) is 52.0 Å². The van der Waals surface area contributed by atoms with Crippen LogP contribution in [-0.4, -0.2) is 39.8 Å². The molecule has 1 aromatic heterocycles. The molecular weight excluding hydrogens is 240 g/mol. The van der Waals surface area contributed by atoms with Gasteiger partial charge < -0.3 is 10.1 Å². The average Bonchev–Trinajstić information content (AvgIpc) is 2.84. The number of nitrogens with one attached hydrogen (secondary N) is 1. The molecular formula is C14H26N4O. The van der Waals surface area contributed by atoms with E-state index in [0.29, 0.717) is 0 Å². The lowest BCUT2D eigenvalue weighted by atomic mass is 9.77. The van der Waals surface area contributed by atoms with Gasteiger partial charge >= 0.3 is 0 Å². The Bertz CT molecular complexity index is 423.